The normalized spacial score (nSPS) is 20.2. The molecule has 1 amide bonds. The Balaban J connectivity index is 1.48. The van der Waals surface area contributed by atoms with Gasteiger partial charge >= 0.3 is 0 Å². The van der Waals surface area contributed by atoms with Crippen molar-refractivity contribution in [3.05, 3.63) is 0 Å². The quantitative estimate of drug-likeness (QED) is 0.736. The summed E-state index contributed by atoms with van der Waals surface area (Å²) in [6.07, 6.45) is 12.6. The second-order valence-corrected chi connectivity index (χ2v) is 8.21. The monoisotopic (exact) mass is 351 g/mol. The van der Waals surface area contributed by atoms with Crippen molar-refractivity contribution < 1.29 is 4.79 Å². The minimum atomic E-state index is 0.184. The molecule has 1 heterocycles. The van der Waals surface area contributed by atoms with Gasteiger partial charge < -0.3 is 4.90 Å². The van der Waals surface area contributed by atoms with Crippen LogP contribution in [-0.2, 0) is 4.79 Å². The van der Waals surface area contributed by atoms with Crippen molar-refractivity contribution >= 4 is 17.7 Å². The fourth-order valence-corrected chi connectivity index (χ4v) is 4.82. The first-order valence-electron chi connectivity index (χ1n) is 9.38. The Labute approximate surface area is 148 Å². The number of thioether (sulfide) groups is 1. The first-order chi connectivity index (χ1) is 11.7. The molecule has 2 saturated carbocycles. The highest BCUT2D eigenvalue weighted by Gasteiger charge is 2.22. The van der Waals surface area contributed by atoms with Gasteiger partial charge in [-0.25, -0.2) is 4.68 Å². The third kappa shape index (κ3) is 4.71. The number of tetrazole rings is 1. The van der Waals surface area contributed by atoms with E-state index in [1.807, 2.05) is 16.6 Å². The lowest BCUT2D eigenvalue weighted by Gasteiger charge is -2.27. The van der Waals surface area contributed by atoms with Gasteiger partial charge in [-0.2, -0.15) is 0 Å². The zero-order chi connectivity index (χ0) is 16.8. The van der Waals surface area contributed by atoms with Gasteiger partial charge in [-0.05, 0) is 42.0 Å². The van der Waals surface area contributed by atoms with E-state index in [-0.39, 0.29) is 5.91 Å². The van der Waals surface area contributed by atoms with Crippen molar-refractivity contribution in [2.75, 3.05) is 19.3 Å². The van der Waals surface area contributed by atoms with Crippen molar-refractivity contribution in [3.8, 4) is 0 Å². The molecule has 1 aromatic rings. The van der Waals surface area contributed by atoms with E-state index in [2.05, 4.69) is 15.5 Å². The lowest BCUT2D eigenvalue weighted by atomic mass is 9.89. The van der Waals surface area contributed by atoms with Gasteiger partial charge in [0.1, 0.15) is 0 Å². The van der Waals surface area contributed by atoms with Gasteiger partial charge in [0.15, 0.2) is 0 Å². The number of nitrogens with zero attached hydrogens (tertiary/aromatic N) is 5. The van der Waals surface area contributed by atoms with Crippen LogP contribution in [0.1, 0.15) is 70.3 Å². The molecule has 134 valence electrons. The molecule has 0 saturated heterocycles. The average molecular weight is 352 g/mol. The van der Waals surface area contributed by atoms with Crippen LogP contribution >= 0.6 is 11.8 Å². The molecular formula is C17H29N5OS. The van der Waals surface area contributed by atoms with Crippen molar-refractivity contribution in [1.82, 2.24) is 25.1 Å². The van der Waals surface area contributed by atoms with E-state index in [4.69, 9.17) is 0 Å². The summed E-state index contributed by atoms with van der Waals surface area (Å²) in [6, 6.07) is 0.409. The third-order valence-corrected chi connectivity index (χ3v) is 6.31. The summed E-state index contributed by atoms with van der Waals surface area (Å²) < 4.78 is 1.94. The zero-order valence-corrected chi connectivity index (χ0v) is 15.5. The molecule has 0 aromatic carbocycles. The lowest BCUT2D eigenvalue weighted by Crippen LogP contribution is -2.33. The Kier molecular flexibility index (Phi) is 6.51. The summed E-state index contributed by atoms with van der Waals surface area (Å²) >= 11 is 1.48. The Hall–Kier alpha value is -1.11. The molecule has 0 N–H and O–H groups in total. The summed E-state index contributed by atoms with van der Waals surface area (Å²) in [4.78, 5) is 14.3. The van der Waals surface area contributed by atoms with Crippen molar-refractivity contribution in [1.29, 1.82) is 0 Å². The van der Waals surface area contributed by atoms with Gasteiger partial charge in [0.25, 0.3) is 0 Å². The SMILES string of the molecule is CN(CC1CCCCC1)C(=O)CSc1nnnn1C1CCCCC1. The highest BCUT2D eigenvalue weighted by Crippen LogP contribution is 2.30. The zero-order valence-electron chi connectivity index (χ0n) is 14.7. The molecule has 0 spiro atoms. The number of carbonyl (C=O) groups is 1. The number of rotatable bonds is 6. The van der Waals surface area contributed by atoms with E-state index in [9.17, 15) is 4.79 Å². The number of carbonyl (C=O) groups excluding carboxylic acids is 1. The molecule has 0 aliphatic heterocycles. The first-order valence-corrected chi connectivity index (χ1v) is 10.4. The predicted molar refractivity (Wildman–Crippen MR) is 94.9 cm³/mol. The highest BCUT2D eigenvalue weighted by molar-refractivity contribution is 7.99. The van der Waals surface area contributed by atoms with Crippen LogP contribution in [0.3, 0.4) is 0 Å². The van der Waals surface area contributed by atoms with Crippen molar-refractivity contribution in [2.45, 2.75) is 75.4 Å². The van der Waals surface area contributed by atoms with E-state index in [0.29, 0.717) is 17.7 Å². The standard InChI is InChI=1S/C17H29N5OS/c1-21(12-14-8-4-2-5-9-14)16(23)13-24-17-18-19-20-22(17)15-10-6-3-7-11-15/h14-15H,2-13H2,1H3. The molecule has 2 aliphatic carbocycles. The number of hydrogen-bond acceptors (Lipinski definition) is 5. The molecule has 7 heteroatoms. The van der Waals surface area contributed by atoms with Crippen LogP contribution in [0, 0.1) is 5.92 Å². The third-order valence-electron chi connectivity index (χ3n) is 5.39. The molecule has 3 rings (SSSR count). The molecule has 24 heavy (non-hydrogen) atoms. The largest absolute Gasteiger partial charge is 0.345 e. The van der Waals surface area contributed by atoms with Gasteiger partial charge in [-0.15, -0.1) is 5.10 Å². The fourth-order valence-electron chi connectivity index (χ4n) is 3.93. The first kappa shape index (κ1) is 17.7. The van der Waals surface area contributed by atoms with Gasteiger partial charge in [0, 0.05) is 13.6 Å². The minimum Gasteiger partial charge on any atom is -0.345 e. The van der Waals surface area contributed by atoms with E-state index in [1.54, 1.807) is 0 Å². The molecular weight excluding hydrogens is 322 g/mol. The number of aromatic nitrogens is 4. The second kappa shape index (κ2) is 8.83. The Bertz CT molecular complexity index is 523. The Morgan fingerprint density at radius 1 is 1.12 bits per heavy atom. The summed E-state index contributed by atoms with van der Waals surface area (Å²) in [7, 11) is 1.93. The maximum absolute atomic E-state index is 12.4. The Morgan fingerprint density at radius 3 is 2.50 bits per heavy atom. The summed E-state index contributed by atoms with van der Waals surface area (Å²) in [5.41, 5.74) is 0. The summed E-state index contributed by atoms with van der Waals surface area (Å²) in [6.45, 7) is 0.896. The average Bonchev–Trinajstić information content (AvgIpc) is 3.10. The molecule has 0 bridgehead atoms. The fraction of sp³-hybridized carbons (Fsp3) is 0.882. The topological polar surface area (TPSA) is 63.9 Å². The van der Waals surface area contributed by atoms with Crippen LogP contribution in [0.4, 0.5) is 0 Å². The van der Waals surface area contributed by atoms with Crippen LogP contribution in [0.2, 0.25) is 0 Å². The Morgan fingerprint density at radius 2 is 1.79 bits per heavy atom. The van der Waals surface area contributed by atoms with Crippen LogP contribution in [0.25, 0.3) is 0 Å². The molecule has 2 fully saturated rings. The molecule has 0 radical (unpaired) electrons. The van der Waals surface area contributed by atoms with E-state index < -0.39 is 0 Å². The number of hydrogen-bond donors (Lipinski definition) is 0. The van der Waals surface area contributed by atoms with Gasteiger partial charge in [0.2, 0.25) is 11.1 Å². The van der Waals surface area contributed by atoms with Crippen LogP contribution in [0.15, 0.2) is 5.16 Å². The predicted octanol–water partition coefficient (Wildman–Crippen LogP) is 3.31. The van der Waals surface area contributed by atoms with E-state index in [0.717, 1.165) is 24.5 Å². The van der Waals surface area contributed by atoms with Crippen molar-refractivity contribution in [2.24, 2.45) is 5.92 Å². The van der Waals surface area contributed by atoms with E-state index >= 15 is 0 Å². The molecule has 6 nitrogen and oxygen atoms in total. The smallest absolute Gasteiger partial charge is 0.232 e. The second-order valence-electron chi connectivity index (χ2n) is 7.26. The maximum atomic E-state index is 12.4. The lowest BCUT2D eigenvalue weighted by molar-refractivity contribution is -0.127. The van der Waals surface area contributed by atoms with Gasteiger partial charge in [0.05, 0.1) is 11.8 Å². The summed E-state index contributed by atoms with van der Waals surface area (Å²) in [5, 5.41) is 12.9. The van der Waals surface area contributed by atoms with Crippen LogP contribution in [0.5, 0.6) is 0 Å². The molecule has 0 unspecified atom stereocenters. The van der Waals surface area contributed by atoms with Gasteiger partial charge in [-0.3, -0.25) is 4.79 Å². The van der Waals surface area contributed by atoms with Crippen molar-refractivity contribution in [3.63, 3.8) is 0 Å². The van der Waals surface area contributed by atoms with Crippen LogP contribution in [-0.4, -0.2) is 50.4 Å². The highest BCUT2D eigenvalue weighted by atomic mass is 32.2. The molecule has 2 aliphatic rings. The minimum absolute atomic E-state index is 0.184. The van der Waals surface area contributed by atoms with Crippen LogP contribution < -0.4 is 0 Å². The maximum Gasteiger partial charge on any atom is 0.232 e. The molecule has 1 aromatic heterocycles. The van der Waals surface area contributed by atoms with Gasteiger partial charge in [-0.1, -0.05) is 50.3 Å². The summed E-state index contributed by atoms with van der Waals surface area (Å²) in [5.74, 6) is 1.30. The van der Waals surface area contributed by atoms with E-state index in [1.165, 1.54) is 63.1 Å². The number of amides is 1. The molecule has 0 atom stereocenters.